The minimum absolute atomic E-state index is 0.286. The minimum atomic E-state index is 0.286. The molecule has 0 radical (unpaired) electrons. The number of hydrogen-bond acceptors (Lipinski definition) is 1. The highest BCUT2D eigenvalue weighted by atomic mass is 16.2. The molecule has 1 atom stereocenters. The molecule has 1 aliphatic rings. The summed E-state index contributed by atoms with van der Waals surface area (Å²) < 4.78 is 0. The quantitative estimate of drug-likeness (QED) is 0.468. The van der Waals surface area contributed by atoms with E-state index in [0.717, 1.165) is 32.2 Å². The van der Waals surface area contributed by atoms with Crippen LogP contribution in [0.25, 0.3) is 0 Å². The third-order valence-electron chi connectivity index (χ3n) is 4.39. The Morgan fingerprint density at radius 1 is 1.17 bits per heavy atom. The van der Waals surface area contributed by atoms with Crippen LogP contribution in [0.15, 0.2) is 54.6 Å². The number of unbranched alkanes of at least 4 members (excludes halogenated alkanes) is 2. The number of nitrogens with zero attached hydrogens (tertiary/aromatic N) is 1. The van der Waals surface area contributed by atoms with Crippen molar-refractivity contribution in [3.05, 3.63) is 60.2 Å². The van der Waals surface area contributed by atoms with E-state index in [1.807, 2.05) is 6.07 Å². The Labute approximate surface area is 140 Å². The molecule has 0 saturated carbocycles. The van der Waals surface area contributed by atoms with E-state index in [2.05, 4.69) is 60.4 Å². The molecule has 0 N–H and O–H groups in total. The lowest BCUT2D eigenvalue weighted by Gasteiger charge is -2.22. The normalized spacial score (nSPS) is 18.6. The average Bonchev–Trinajstić information content (AvgIpc) is 2.92. The molecule has 0 aliphatic carbocycles. The molecule has 1 unspecified atom stereocenters. The summed E-state index contributed by atoms with van der Waals surface area (Å²) in [6.07, 6.45) is 16.0. The van der Waals surface area contributed by atoms with Gasteiger partial charge in [0.05, 0.1) is 6.04 Å². The Hall–Kier alpha value is -1.83. The van der Waals surface area contributed by atoms with Crippen LogP contribution in [0, 0.1) is 0 Å². The van der Waals surface area contributed by atoms with Crippen molar-refractivity contribution in [2.45, 2.75) is 57.9 Å². The van der Waals surface area contributed by atoms with E-state index in [9.17, 15) is 4.79 Å². The summed E-state index contributed by atoms with van der Waals surface area (Å²) in [5.74, 6) is 0.308. The van der Waals surface area contributed by atoms with Crippen LogP contribution in [0.2, 0.25) is 0 Å². The van der Waals surface area contributed by atoms with Gasteiger partial charge in [-0.15, -0.1) is 0 Å². The van der Waals surface area contributed by atoms with Crippen molar-refractivity contribution >= 4 is 5.91 Å². The molecular formula is C21H29NO. The Morgan fingerprint density at radius 2 is 2.00 bits per heavy atom. The van der Waals surface area contributed by atoms with E-state index >= 15 is 0 Å². The number of allylic oxidation sites excluding steroid dienone is 3. The second-order valence-electron chi connectivity index (χ2n) is 6.24. The SMILES string of the molecule is CCCCC=CC=CC1CCC(=O)N1CCCc1ccccc1. The zero-order valence-corrected chi connectivity index (χ0v) is 14.3. The monoisotopic (exact) mass is 311 g/mol. The number of carbonyl (C=O) groups excluding carboxylic acids is 1. The summed E-state index contributed by atoms with van der Waals surface area (Å²) in [5, 5.41) is 0. The van der Waals surface area contributed by atoms with E-state index in [1.54, 1.807) is 0 Å². The molecule has 0 bridgehead atoms. The van der Waals surface area contributed by atoms with Crippen LogP contribution in [0.4, 0.5) is 0 Å². The van der Waals surface area contributed by atoms with E-state index in [4.69, 9.17) is 0 Å². The fourth-order valence-corrected chi connectivity index (χ4v) is 3.03. The fourth-order valence-electron chi connectivity index (χ4n) is 3.03. The zero-order valence-electron chi connectivity index (χ0n) is 14.3. The molecule has 0 spiro atoms. The molecule has 1 aromatic rings. The summed E-state index contributed by atoms with van der Waals surface area (Å²) in [5.41, 5.74) is 1.35. The van der Waals surface area contributed by atoms with Crippen LogP contribution in [-0.4, -0.2) is 23.4 Å². The number of carbonyl (C=O) groups is 1. The van der Waals surface area contributed by atoms with Crippen molar-refractivity contribution in [1.29, 1.82) is 0 Å². The Kier molecular flexibility index (Phi) is 7.65. The Bertz CT molecular complexity index is 518. The largest absolute Gasteiger partial charge is 0.336 e. The van der Waals surface area contributed by atoms with Gasteiger partial charge in [0.2, 0.25) is 5.91 Å². The third-order valence-corrected chi connectivity index (χ3v) is 4.39. The van der Waals surface area contributed by atoms with Gasteiger partial charge >= 0.3 is 0 Å². The molecule has 124 valence electrons. The van der Waals surface area contributed by atoms with Crippen molar-refractivity contribution in [3.63, 3.8) is 0 Å². The highest BCUT2D eigenvalue weighted by Gasteiger charge is 2.28. The molecule has 1 aromatic carbocycles. The van der Waals surface area contributed by atoms with Crippen LogP contribution in [0.1, 0.15) is 51.0 Å². The first-order valence-corrected chi connectivity index (χ1v) is 8.98. The zero-order chi connectivity index (χ0) is 16.3. The van der Waals surface area contributed by atoms with Crippen molar-refractivity contribution in [1.82, 2.24) is 4.90 Å². The van der Waals surface area contributed by atoms with Gasteiger partial charge < -0.3 is 4.90 Å². The van der Waals surface area contributed by atoms with Crippen molar-refractivity contribution in [2.75, 3.05) is 6.54 Å². The number of rotatable bonds is 9. The van der Waals surface area contributed by atoms with Gasteiger partial charge in [0, 0.05) is 13.0 Å². The first kappa shape index (κ1) is 17.5. The summed E-state index contributed by atoms with van der Waals surface area (Å²) in [6.45, 7) is 3.07. The van der Waals surface area contributed by atoms with Gasteiger partial charge in [-0.1, -0.05) is 74.4 Å². The Morgan fingerprint density at radius 3 is 2.78 bits per heavy atom. The maximum atomic E-state index is 12.1. The molecule has 1 heterocycles. The maximum absolute atomic E-state index is 12.1. The van der Waals surface area contributed by atoms with Gasteiger partial charge in [-0.25, -0.2) is 0 Å². The molecule has 1 aliphatic heterocycles. The van der Waals surface area contributed by atoms with Crippen LogP contribution in [0.5, 0.6) is 0 Å². The highest BCUT2D eigenvalue weighted by Crippen LogP contribution is 2.20. The molecular weight excluding hydrogens is 282 g/mol. The minimum Gasteiger partial charge on any atom is -0.336 e. The third kappa shape index (κ3) is 6.05. The van der Waals surface area contributed by atoms with Gasteiger partial charge in [0.15, 0.2) is 0 Å². The molecule has 1 saturated heterocycles. The van der Waals surface area contributed by atoms with Gasteiger partial charge in [0.1, 0.15) is 0 Å². The molecule has 1 fully saturated rings. The summed E-state index contributed by atoms with van der Waals surface area (Å²) in [7, 11) is 0. The van der Waals surface area contributed by atoms with E-state index in [1.165, 1.54) is 18.4 Å². The number of benzene rings is 1. The lowest BCUT2D eigenvalue weighted by Crippen LogP contribution is -2.32. The summed E-state index contributed by atoms with van der Waals surface area (Å²) >= 11 is 0. The molecule has 2 rings (SSSR count). The predicted molar refractivity (Wildman–Crippen MR) is 97.3 cm³/mol. The van der Waals surface area contributed by atoms with E-state index in [-0.39, 0.29) is 6.04 Å². The second kappa shape index (κ2) is 10.0. The second-order valence-corrected chi connectivity index (χ2v) is 6.24. The smallest absolute Gasteiger partial charge is 0.223 e. The maximum Gasteiger partial charge on any atom is 0.223 e. The highest BCUT2D eigenvalue weighted by molar-refractivity contribution is 5.79. The summed E-state index contributed by atoms with van der Waals surface area (Å²) in [4.78, 5) is 14.1. The molecule has 2 heteroatoms. The van der Waals surface area contributed by atoms with Gasteiger partial charge in [-0.3, -0.25) is 4.79 Å². The number of aryl methyl sites for hydroxylation is 1. The molecule has 23 heavy (non-hydrogen) atoms. The first-order chi connectivity index (χ1) is 11.3. The summed E-state index contributed by atoms with van der Waals surface area (Å²) in [6, 6.07) is 10.8. The topological polar surface area (TPSA) is 20.3 Å². The lowest BCUT2D eigenvalue weighted by molar-refractivity contribution is -0.128. The van der Waals surface area contributed by atoms with Gasteiger partial charge in [-0.05, 0) is 31.2 Å². The fraction of sp³-hybridized carbons (Fsp3) is 0.476. The van der Waals surface area contributed by atoms with Gasteiger partial charge in [0.25, 0.3) is 0 Å². The molecule has 1 amide bonds. The standard InChI is InChI=1S/C21H29NO/c1-2-3-4-5-6-10-15-20-16-17-21(23)22(20)18-11-14-19-12-8-7-9-13-19/h5-10,12-13,15,20H,2-4,11,14,16-18H2,1H3. The predicted octanol–water partition coefficient (Wildman–Crippen LogP) is 4.91. The van der Waals surface area contributed by atoms with Crippen molar-refractivity contribution < 1.29 is 4.79 Å². The molecule has 0 aromatic heterocycles. The number of hydrogen-bond donors (Lipinski definition) is 0. The first-order valence-electron chi connectivity index (χ1n) is 8.98. The lowest BCUT2D eigenvalue weighted by atomic mass is 10.1. The van der Waals surface area contributed by atoms with Crippen LogP contribution in [0.3, 0.4) is 0 Å². The number of likely N-dealkylation sites (tertiary alicyclic amines) is 1. The van der Waals surface area contributed by atoms with Crippen LogP contribution >= 0.6 is 0 Å². The molecule has 2 nitrogen and oxygen atoms in total. The Balaban J connectivity index is 1.77. The van der Waals surface area contributed by atoms with Crippen molar-refractivity contribution in [2.24, 2.45) is 0 Å². The number of amides is 1. The van der Waals surface area contributed by atoms with E-state index in [0.29, 0.717) is 12.3 Å². The van der Waals surface area contributed by atoms with Crippen LogP contribution < -0.4 is 0 Å². The van der Waals surface area contributed by atoms with E-state index < -0.39 is 0 Å². The van der Waals surface area contributed by atoms with Crippen molar-refractivity contribution in [3.8, 4) is 0 Å². The average molecular weight is 311 g/mol. The van der Waals surface area contributed by atoms with Crippen LogP contribution in [-0.2, 0) is 11.2 Å². The van der Waals surface area contributed by atoms with Gasteiger partial charge in [-0.2, -0.15) is 0 Å².